The van der Waals surface area contributed by atoms with Gasteiger partial charge in [-0.15, -0.1) is 35.3 Å². The second-order valence-electron chi connectivity index (χ2n) is 6.49. The van der Waals surface area contributed by atoms with E-state index in [1.54, 1.807) is 11.3 Å². The van der Waals surface area contributed by atoms with Crippen LogP contribution in [0.2, 0.25) is 0 Å². The lowest BCUT2D eigenvalue weighted by Gasteiger charge is -2.26. The Bertz CT molecular complexity index is 503. The van der Waals surface area contributed by atoms with Gasteiger partial charge < -0.3 is 15.0 Å². The zero-order chi connectivity index (χ0) is 17.2. The molecule has 144 valence electrons. The molecule has 0 spiro atoms. The topological polar surface area (TPSA) is 49.8 Å². The summed E-state index contributed by atoms with van der Waals surface area (Å²) in [6.45, 7) is 8.85. The number of ether oxygens (including phenoxy) is 1. The lowest BCUT2D eigenvalue weighted by Crippen LogP contribution is -2.40. The summed E-state index contributed by atoms with van der Waals surface area (Å²) in [6.07, 6.45) is 5.70. The van der Waals surface area contributed by atoms with Crippen LogP contribution in [-0.4, -0.2) is 55.7 Å². The predicted molar refractivity (Wildman–Crippen MR) is 117 cm³/mol. The van der Waals surface area contributed by atoms with Crippen molar-refractivity contribution in [2.24, 2.45) is 10.9 Å². The molecule has 0 radical (unpaired) electrons. The molecule has 1 aliphatic heterocycles. The molecule has 0 amide bonds. The van der Waals surface area contributed by atoms with E-state index < -0.39 is 0 Å². The molecule has 1 aromatic heterocycles. The van der Waals surface area contributed by atoms with E-state index in [0.29, 0.717) is 0 Å². The summed E-state index contributed by atoms with van der Waals surface area (Å²) in [4.78, 5) is 11.6. The first-order valence-electron chi connectivity index (χ1n) is 9.17. The number of nitrogens with zero attached hydrogens (tertiary/aromatic N) is 3. The molecule has 0 bridgehead atoms. The first-order chi connectivity index (χ1) is 11.7. The Hall–Kier alpha value is -0.410. The van der Waals surface area contributed by atoms with Crippen LogP contribution in [0.3, 0.4) is 0 Å². The highest BCUT2D eigenvalue weighted by atomic mass is 127. The van der Waals surface area contributed by atoms with Gasteiger partial charge in [0.25, 0.3) is 0 Å². The smallest absolute Gasteiger partial charge is 0.193 e. The molecule has 0 aromatic carbocycles. The van der Waals surface area contributed by atoms with Crippen molar-refractivity contribution < 1.29 is 4.74 Å². The lowest BCUT2D eigenvalue weighted by molar-refractivity contribution is 0.0625. The summed E-state index contributed by atoms with van der Waals surface area (Å²) in [6, 6.07) is 0. The van der Waals surface area contributed by atoms with Gasteiger partial charge in [-0.25, -0.2) is 4.98 Å². The Morgan fingerprint density at radius 1 is 1.44 bits per heavy atom. The molecule has 0 unspecified atom stereocenters. The van der Waals surface area contributed by atoms with Crippen molar-refractivity contribution in [3.8, 4) is 0 Å². The van der Waals surface area contributed by atoms with Crippen LogP contribution < -0.4 is 5.32 Å². The van der Waals surface area contributed by atoms with Gasteiger partial charge in [-0.1, -0.05) is 0 Å². The fourth-order valence-electron chi connectivity index (χ4n) is 2.92. The van der Waals surface area contributed by atoms with E-state index in [1.165, 1.54) is 24.3 Å². The summed E-state index contributed by atoms with van der Waals surface area (Å²) in [7, 11) is 2.14. The van der Waals surface area contributed by atoms with Gasteiger partial charge in [0.2, 0.25) is 0 Å². The Morgan fingerprint density at radius 3 is 2.84 bits per heavy atom. The second kappa shape index (κ2) is 12.9. The molecule has 2 heterocycles. The average molecular weight is 480 g/mol. The van der Waals surface area contributed by atoms with Gasteiger partial charge >= 0.3 is 0 Å². The number of aryl methyl sites for hydroxylation is 2. The maximum Gasteiger partial charge on any atom is 0.193 e. The first kappa shape index (κ1) is 22.6. The zero-order valence-electron chi connectivity index (χ0n) is 15.8. The van der Waals surface area contributed by atoms with Gasteiger partial charge in [0.05, 0.1) is 5.01 Å². The van der Waals surface area contributed by atoms with E-state index in [9.17, 15) is 0 Å². The van der Waals surface area contributed by atoms with Crippen LogP contribution in [0.15, 0.2) is 10.4 Å². The molecule has 1 aliphatic rings. The Morgan fingerprint density at radius 2 is 2.20 bits per heavy atom. The lowest BCUT2D eigenvalue weighted by atomic mass is 9.96. The van der Waals surface area contributed by atoms with Gasteiger partial charge in [0.15, 0.2) is 5.96 Å². The quantitative estimate of drug-likeness (QED) is 0.267. The van der Waals surface area contributed by atoms with Gasteiger partial charge in [0, 0.05) is 57.4 Å². The molecule has 5 nitrogen and oxygen atoms in total. The van der Waals surface area contributed by atoms with E-state index in [1.807, 2.05) is 0 Å². The molecule has 0 aliphatic carbocycles. The van der Waals surface area contributed by atoms with Gasteiger partial charge in [-0.05, 0) is 45.4 Å². The summed E-state index contributed by atoms with van der Waals surface area (Å²) in [5.41, 5.74) is 1.12. The molecule has 25 heavy (non-hydrogen) atoms. The third kappa shape index (κ3) is 8.68. The van der Waals surface area contributed by atoms with Crippen molar-refractivity contribution in [3.63, 3.8) is 0 Å². The van der Waals surface area contributed by atoms with Crippen LogP contribution in [0.1, 0.15) is 43.3 Å². The number of rotatable bonds is 8. The van der Waals surface area contributed by atoms with E-state index in [4.69, 9.17) is 9.73 Å². The minimum absolute atomic E-state index is 0. The fraction of sp³-hybridized carbons (Fsp3) is 0.778. The van der Waals surface area contributed by atoms with E-state index >= 15 is 0 Å². The molecular weight excluding hydrogens is 447 g/mol. The summed E-state index contributed by atoms with van der Waals surface area (Å²) in [5, 5.41) is 6.75. The highest BCUT2D eigenvalue weighted by Gasteiger charge is 2.15. The van der Waals surface area contributed by atoms with Crippen molar-refractivity contribution in [2.75, 3.05) is 39.9 Å². The fourth-order valence-corrected chi connectivity index (χ4v) is 3.74. The predicted octanol–water partition coefficient (Wildman–Crippen LogP) is 3.72. The average Bonchev–Trinajstić information content (AvgIpc) is 3.01. The highest BCUT2D eigenvalue weighted by molar-refractivity contribution is 14.0. The number of aliphatic imine (C=N–C) groups is 1. The highest BCUT2D eigenvalue weighted by Crippen LogP contribution is 2.18. The Labute approximate surface area is 173 Å². The number of aromatic nitrogens is 1. The van der Waals surface area contributed by atoms with Crippen molar-refractivity contribution in [2.45, 2.75) is 46.0 Å². The van der Waals surface area contributed by atoms with Crippen LogP contribution in [0.4, 0.5) is 0 Å². The van der Waals surface area contributed by atoms with Gasteiger partial charge in [-0.2, -0.15) is 0 Å². The van der Waals surface area contributed by atoms with Crippen molar-refractivity contribution in [3.05, 3.63) is 16.1 Å². The van der Waals surface area contributed by atoms with Crippen molar-refractivity contribution in [1.29, 1.82) is 0 Å². The van der Waals surface area contributed by atoms with Crippen LogP contribution in [0.25, 0.3) is 0 Å². The zero-order valence-corrected chi connectivity index (χ0v) is 18.9. The SMILES string of the molecule is CCNC(=NCCCc1nc(C)cs1)N(C)CCC1CCOCC1.I. The number of guanidine groups is 1. The monoisotopic (exact) mass is 480 g/mol. The molecule has 7 heteroatoms. The maximum atomic E-state index is 5.44. The second-order valence-corrected chi connectivity index (χ2v) is 7.43. The standard InChI is InChI=1S/C18H32N4OS.HI/c1-4-19-18(20-10-5-6-17-21-15(2)14-24-17)22(3)11-7-16-8-12-23-13-9-16;/h14,16H,4-13H2,1-3H3,(H,19,20);1H. The molecule has 1 aromatic rings. The maximum absolute atomic E-state index is 5.44. The normalized spacial score (nSPS) is 15.7. The number of halogens is 1. The van der Waals surface area contributed by atoms with Crippen LogP contribution >= 0.6 is 35.3 Å². The molecule has 1 N–H and O–H groups in total. The number of hydrogen-bond acceptors (Lipinski definition) is 4. The van der Waals surface area contributed by atoms with Crippen molar-refractivity contribution in [1.82, 2.24) is 15.2 Å². The Kier molecular flexibility index (Phi) is 11.6. The minimum atomic E-state index is 0. The summed E-state index contributed by atoms with van der Waals surface area (Å²) in [5.74, 6) is 1.83. The molecule has 2 rings (SSSR count). The van der Waals surface area contributed by atoms with Gasteiger partial charge in [0.1, 0.15) is 0 Å². The third-order valence-electron chi connectivity index (χ3n) is 4.39. The Balaban J connectivity index is 0.00000312. The van der Waals surface area contributed by atoms with Gasteiger partial charge in [-0.3, -0.25) is 4.99 Å². The first-order valence-corrected chi connectivity index (χ1v) is 10.0. The van der Waals surface area contributed by atoms with Crippen LogP contribution in [0.5, 0.6) is 0 Å². The third-order valence-corrected chi connectivity index (χ3v) is 5.41. The molecule has 1 saturated heterocycles. The van der Waals surface area contributed by atoms with E-state index in [0.717, 1.165) is 63.3 Å². The number of thiazole rings is 1. The summed E-state index contributed by atoms with van der Waals surface area (Å²) < 4.78 is 5.44. The molecule has 1 fully saturated rings. The summed E-state index contributed by atoms with van der Waals surface area (Å²) >= 11 is 1.75. The van der Waals surface area contributed by atoms with Crippen LogP contribution in [0, 0.1) is 12.8 Å². The van der Waals surface area contributed by atoms with Crippen LogP contribution in [-0.2, 0) is 11.2 Å². The molecule has 0 saturated carbocycles. The van der Waals surface area contributed by atoms with E-state index in [2.05, 4.69) is 41.5 Å². The largest absolute Gasteiger partial charge is 0.381 e. The number of hydrogen-bond donors (Lipinski definition) is 1. The van der Waals surface area contributed by atoms with E-state index in [-0.39, 0.29) is 24.0 Å². The number of nitrogens with one attached hydrogen (secondary N) is 1. The minimum Gasteiger partial charge on any atom is -0.381 e. The molecule has 0 atom stereocenters. The van der Waals surface area contributed by atoms with Crippen molar-refractivity contribution >= 4 is 41.3 Å². The molecular formula is C18H33IN4OS.